The maximum absolute atomic E-state index is 12.5. The average Bonchev–Trinajstić information content (AvgIpc) is 2.68. The number of carbonyl (C=O) groups excluding carboxylic acids is 2. The Kier molecular flexibility index (Phi) is 6.35. The van der Waals surface area contributed by atoms with Crippen LogP contribution in [0.5, 0.6) is 0 Å². The third-order valence-corrected chi connectivity index (χ3v) is 4.21. The number of carbonyl (C=O) groups is 2. The number of anilines is 1. The molecule has 0 aromatic heterocycles. The van der Waals surface area contributed by atoms with Crippen LogP contribution in [0.1, 0.15) is 15.9 Å². The summed E-state index contributed by atoms with van der Waals surface area (Å²) in [5, 5.41) is 5.75. The molecule has 0 spiro atoms. The zero-order chi connectivity index (χ0) is 18.2. The van der Waals surface area contributed by atoms with E-state index in [-0.39, 0.29) is 11.8 Å². The van der Waals surface area contributed by atoms with Crippen LogP contribution in [-0.2, 0) is 16.1 Å². The highest BCUT2D eigenvalue weighted by atomic mass is 16.5. The Labute approximate surface area is 153 Å². The Morgan fingerprint density at radius 3 is 2.42 bits per heavy atom. The van der Waals surface area contributed by atoms with Crippen molar-refractivity contribution in [1.82, 2.24) is 10.2 Å². The lowest BCUT2D eigenvalue weighted by molar-refractivity contribution is -0.118. The fourth-order valence-electron chi connectivity index (χ4n) is 2.82. The van der Waals surface area contributed by atoms with Gasteiger partial charge in [-0.15, -0.1) is 0 Å². The number of rotatable bonds is 6. The molecule has 6 nitrogen and oxygen atoms in total. The number of para-hydroxylation sites is 1. The summed E-state index contributed by atoms with van der Waals surface area (Å²) in [6.45, 7) is 3.51. The van der Waals surface area contributed by atoms with Crippen LogP contribution < -0.4 is 10.6 Å². The smallest absolute Gasteiger partial charge is 0.253 e. The highest BCUT2D eigenvalue weighted by Gasteiger charge is 2.16. The molecular weight excluding hydrogens is 330 g/mol. The first-order valence-corrected chi connectivity index (χ1v) is 8.73. The van der Waals surface area contributed by atoms with Crippen molar-refractivity contribution in [1.29, 1.82) is 0 Å². The van der Waals surface area contributed by atoms with Crippen molar-refractivity contribution in [3.63, 3.8) is 0 Å². The first kappa shape index (κ1) is 18.1. The third-order valence-electron chi connectivity index (χ3n) is 4.21. The van der Waals surface area contributed by atoms with Crippen molar-refractivity contribution in [3.05, 3.63) is 65.7 Å². The largest absolute Gasteiger partial charge is 0.379 e. The van der Waals surface area contributed by atoms with E-state index >= 15 is 0 Å². The van der Waals surface area contributed by atoms with Crippen LogP contribution in [0.4, 0.5) is 5.69 Å². The van der Waals surface area contributed by atoms with E-state index in [9.17, 15) is 9.59 Å². The SMILES string of the molecule is O=C(CN1CCOCC1)Nc1ccccc1C(=O)NCc1ccccc1. The van der Waals surface area contributed by atoms with Gasteiger partial charge in [-0.25, -0.2) is 0 Å². The molecule has 3 rings (SSSR count). The Hall–Kier alpha value is -2.70. The molecule has 136 valence electrons. The van der Waals surface area contributed by atoms with Crippen LogP contribution in [0.25, 0.3) is 0 Å². The molecule has 1 heterocycles. The summed E-state index contributed by atoms with van der Waals surface area (Å²) in [6, 6.07) is 16.8. The molecule has 2 aromatic carbocycles. The van der Waals surface area contributed by atoms with Gasteiger partial charge in [0.1, 0.15) is 0 Å². The van der Waals surface area contributed by atoms with E-state index in [1.54, 1.807) is 24.3 Å². The summed E-state index contributed by atoms with van der Waals surface area (Å²) in [4.78, 5) is 26.9. The van der Waals surface area contributed by atoms with Crippen LogP contribution in [0.15, 0.2) is 54.6 Å². The first-order valence-electron chi connectivity index (χ1n) is 8.73. The minimum Gasteiger partial charge on any atom is -0.379 e. The summed E-state index contributed by atoms with van der Waals surface area (Å²) in [5.41, 5.74) is 2.00. The molecule has 1 saturated heterocycles. The van der Waals surface area contributed by atoms with Crippen molar-refractivity contribution in [2.45, 2.75) is 6.54 Å². The quantitative estimate of drug-likeness (QED) is 0.832. The molecule has 26 heavy (non-hydrogen) atoms. The van der Waals surface area contributed by atoms with Gasteiger partial charge < -0.3 is 15.4 Å². The summed E-state index contributed by atoms with van der Waals surface area (Å²) >= 11 is 0. The van der Waals surface area contributed by atoms with E-state index in [2.05, 4.69) is 10.6 Å². The average molecular weight is 353 g/mol. The van der Waals surface area contributed by atoms with Gasteiger partial charge in [0.15, 0.2) is 0 Å². The molecule has 2 amide bonds. The molecule has 2 N–H and O–H groups in total. The van der Waals surface area contributed by atoms with Crippen LogP contribution >= 0.6 is 0 Å². The Morgan fingerprint density at radius 2 is 1.65 bits per heavy atom. The molecular formula is C20H23N3O3. The molecule has 6 heteroatoms. The third kappa shape index (κ3) is 5.15. The zero-order valence-electron chi connectivity index (χ0n) is 14.6. The normalized spacial score (nSPS) is 14.6. The first-order chi connectivity index (χ1) is 12.7. The van der Waals surface area contributed by atoms with Gasteiger partial charge in [-0.2, -0.15) is 0 Å². The van der Waals surface area contributed by atoms with Gasteiger partial charge in [-0.3, -0.25) is 14.5 Å². The molecule has 1 aliphatic rings. The van der Waals surface area contributed by atoms with Crippen molar-refractivity contribution in [2.24, 2.45) is 0 Å². The number of nitrogens with zero attached hydrogens (tertiary/aromatic N) is 1. The Balaban J connectivity index is 1.59. The lowest BCUT2D eigenvalue weighted by atomic mass is 10.1. The highest BCUT2D eigenvalue weighted by molar-refractivity contribution is 6.04. The molecule has 0 radical (unpaired) electrons. The number of nitrogens with one attached hydrogen (secondary N) is 2. The van der Waals surface area contributed by atoms with Crippen LogP contribution in [0.3, 0.4) is 0 Å². The molecule has 1 aliphatic heterocycles. The number of ether oxygens (including phenoxy) is 1. The van der Waals surface area contributed by atoms with E-state index in [0.29, 0.717) is 37.6 Å². The molecule has 0 saturated carbocycles. The molecule has 0 unspecified atom stereocenters. The fraction of sp³-hybridized carbons (Fsp3) is 0.300. The lowest BCUT2D eigenvalue weighted by Gasteiger charge is -2.25. The van der Waals surface area contributed by atoms with Gasteiger partial charge in [0.2, 0.25) is 5.91 Å². The van der Waals surface area contributed by atoms with Gasteiger partial charge in [-0.1, -0.05) is 42.5 Å². The number of hydrogen-bond donors (Lipinski definition) is 2. The summed E-state index contributed by atoms with van der Waals surface area (Å²) in [5.74, 6) is -0.341. The summed E-state index contributed by atoms with van der Waals surface area (Å²) in [7, 11) is 0. The molecule has 0 aliphatic carbocycles. The van der Waals surface area contributed by atoms with E-state index in [0.717, 1.165) is 18.7 Å². The standard InChI is InChI=1S/C20H23N3O3/c24-19(15-23-10-12-26-13-11-23)22-18-9-5-4-8-17(18)20(25)21-14-16-6-2-1-3-7-16/h1-9H,10-15H2,(H,21,25)(H,22,24). The lowest BCUT2D eigenvalue weighted by Crippen LogP contribution is -2.41. The van der Waals surface area contributed by atoms with Gasteiger partial charge in [0.25, 0.3) is 5.91 Å². The fourth-order valence-corrected chi connectivity index (χ4v) is 2.82. The molecule has 2 aromatic rings. The second-order valence-electron chi connectivity index (χ2n) is 6.15. The van der Waals surface area contributed by atoms with E-state index in [4.69, 9.17) is 4.74 Å². The highest BCUT2D eigenvalue weighted by Crippen LogP contribution is 2.15. The predicted octanol–water partition coefficient (Wildman–Crippen LogP) is 1.89. The second kappa shape index (κ2) is 9.12. The van der Waals surface area contributed by atoms with Crippen LogP contribution in [0.2, 0.25) is 0 Å². The van der Waals surface area contributed by atoms with Gasteiger partial charge in [0, 0.05) is 19.6 Å². The van der Waals surface area contributed by atoms with Crippen LogP contribution in [-0.4, -0.2) is 49.6 Å². The van der Waals surface area contributed by atoms with Crippen LogP contribution in [0, 0.1) is 0 Å². The molecule has 0 bridgehead atoms. The van der Waals surface area contributed by atoms with Gasteiger partial charge in [0.05, 0.1) is 31.0 Å². The van der Waals surface area contributed by atoms with Crippen molar-refractivity contribution in [3.8, 4) is 0 Å². The number of hydrogen-bond acceptors (Lipinski definition) is 4. The summed E-state index contributed by atoms with van der Waals surface area (Å²) < 4.78 is 5.29. The predicted molar refractivity (Wildman–Crippen MR) is 99.9 cm³/mol. The minimum absolute atomic E-state index is 0.129. The van der Waals surface area contributed by atoms with Crippen molar-refractivity contribution < 1.29 is 14.3 Å². The zero-order valence-corrected chi connectivity index (χ0v) is 14.6. The Bertz CT molecular complexity index is 743. The van der Waals surface area contributed by atoms with Crippen molar-refractivity contribution in [2.75, 3.05) is 38.2 Å². The van der Waals surface area contributed by atoms with E-state index in [1.807, 2.05) is 35.2 Å². The second-order valence-corrected chi connectivity index (χ2v) is 6.15. The number of benzene rings is 2. The minimum atomic E-state index is -0.212. The molecule has 1 fully saturated rings. The number of amides is 2. The maximum atomic E-state index is 12.5. The Morgan fingerprint density at radius 1 is 0.962 bits per heavy atom. The van der Waals surface area contributed by atoms with Crippen molar-refractivity contribution >= 4 is 17.5 Å². The monoisotopic (exact) mass is 353 g/mol. The van der Waals surface area contributed by atoms with Gasteiger partial charge >= 0.3 is 0 Å². The number of morpholine rings is 1. The topological polar surface area (TPSA) is 70.7 Å². The molecule has 0 atom stereocenters. The van der Waals surface area contributed by atoms with E-state index < -0.39 is 0 Å². The van der Waals surface area contributed by atoms with E-state index in [1.165, 1.54) is 0 Å². The summed E-state index contributed by atoms with van der Waals surface area (Å²) in [6.07, 6.45) is 0. The van der Waals surface area contributed by atoms with Gasteiger partial charge in [-0.05, 0) is 17.7 Å². The maximum Gasteiger partial charge on any atom is 0.253 e.